The maximum atomic E-state index is 12.5. The lowest BCUT2D eigenvalue weighted by molar-refractivity contribution is -0.274. The van der Waals surface area contributed by atoms with Gasteiger partial charge in [-0.25, -0.2) is 0 Å². The van der Waals surface area contributed by atoms with Crippen molar-refractivity contribution in [1.29, 1.82) is 0 Å². The minimum atomic E-state index is -4.80. The highest BCUT2D eigenvalue weighted by Crippen LogP contribution is 2.28. The van der Waals surface area contributed by atoms with Crippen molar-refractivity contribution >= 4 is 24.1 Å². The molecule has 0 aliphatic heterocycles. The standard InChI is InChI=1S/C22H24F3NO6S/c1-29-14-31-19(16-4-3-5-18(11-16)32-22(23,24)25)12-30-17-8-6-15(7-9-17)10-20(33-2)21(28)26-13-27/h3-9,11,13,19-20H,10,12,14H2,1-2H3,(H,26,27,28). The van der Waals surface area contributed by atoms with Crippen LogP contribution in [0.4, 0.5) is 13.2 Å². The number of hydrogen-bond donors (Lipinski definition) is 1. The van der Waals surface area contributed by atoms with Crippen LogP contribution in [0.5, 0.6) is 11.5 Å². The van der Waals surface area contributed by atoms with Gasteiger partial charge in [-0.2, -0.15) is 11.8 Å². The first-order chi connectivity index (χ1) is 15.8. The molecule has 0 aliphatic rings. The third-order valence-electron chi connectivity index (χ3n) is 4.37. The molecule has 11 heteroatoms. The zero-order valence-electron chi connectivity index (χ0n) is 18.0. The van der Waals surface area contributed by atoms with Gasteiger partial charge in [0, 0.05) is 7.11 Å². The molecule has 0 bridgehead atoms. The number of amides is 2. The first-order valence-corrected chi connectivity index (χ1v) is 11.0. The smallest absolute Gasteiger partial charge is 0.491 e. The van der Waals surface area contributed by atoms with Gasteiger partial charge in [0.1, 0.15) is 31.0 Å². The van der Waals surface area contributed by atoms with Crippen molar-refractivity contribution in [3.05, 3.63) is 59.7 Å². The molecule has 2 unspecified atom stereocenters. The molecule has 0 aromatic heterocycles. The number of halogens is 3. The third kappa shape index (κ3) is 9.32. The van der Waals surface area contributed by atoms with E-state index >= 15 is 0 Å². The van der Waals surface area contributed by atoms with E-state index in [-0.39, 0.29) is 25.1 Å². The summed E-state index contributed by atoms with van der Waals surface area (Å²) in [6.07, 6.45) is -2.96. The van der Waals surface area contributed by atoms with Gasteiger partial charge in [-0.3, -0.25) is 14.9 Å². The Hall–Kier alpha value is -2.76. The van der Waals surface area contributed by atoms with Crippen LogP contribution in [0, 0.1) is 0 Å². The molecule has 0 aliphatic carbocycles. The number of imide groups is 1. The van der Waals surface area contributed by atoms with Gasteiger partial charge in [0.2, 0.25) is 12.3 Å². The topological polar surface area (TPSA) is 83.1 Å². The molecule has 0 heterocycles. The average molecular weight is 487 g/mol. The number of alkyl halides is 3. The second-order valence-electron chi connectivity index (χ2n) is 6.69. The molecular formula is C22H24F3NO6S. The predicted molar refractivity (Wildman–Crippen MR) is 116 cm³/mol. The number of nitrogens with one attached hydrogen (secondary N) is 1. The summed E-state index contributed by atoms with van der Waals surface area (Å²) in [6, 6.07) is 12.4. The Labute approximate surface area is 193 Å². The highest BCUT2D eigenvalue weighted by atomic mass is 32.2. The molecule has 7 nitrogen and oxygen atoms in total. The molecule has 0 fully saturated rings. The van der Waals surface area contributed by atoms with Crippen molar-refractivity contribution in [1.82, 2.24) is 5.32 Å². The molecule has 0 saturated heterocycles. The van der Waals surface area contributed by atoms with Crippen LogP contribution in [-0.4, -0.2) is 50.7 Å². The molecule has 0 radical (unpaired) electrons. The number of thioether (sulfide) groups is 1. The molecule has 2 aromatic rings. The summed E-state index contributed by atoms with van der Waals surface area (Å²) in [7, 11) is 1.43. The summed E-state index contributed by atoms with van der Waals surface area (Å²) in [6.45, 7) is -0.0798. The van der Waals surface area contributed by atoms with E-state index in [0.29, 0.717) is 24.1 Å². The van der Waals surface area contributed by atoms with Crippen molar-refractivity contribution in [2.45, 2.75) is 24.1 Å². The van der Waals surface area contributed by atoms with Gasteiger partial charge in [0.15, 0.2) is 0 Å². The molecular weight excluding hydrogens is 463 g/mol. The van der Waals surface area contributed by atoms with Crippen LogP contribution in [0.3, 0.4) is 0 Å². The second kappa shape index (κ2) is 13.1. The van der Waals surface area contributed by atoms with Crippen molar-refractivity contribution in [2.75, 3.05) is 26.8 Å². The molecule has 33 heavy (non-hydrogen) atoms. The van der Waals surface area contributed by atoms with Gasteiger partial charge in [-0.05, 0) is 48.1 Å². The normalized spacial score (nSPS) is 13.1. The zero-order chi connectivity index (χ0) is 24.3. The summed E-state index contributed by atoms with van der Waals surface area (Å²) in [5.74, 6) is -0.226. The van der Waals surface area contributed by atoms with Crippen LogP contribution in [0.1, 0.15) is 17.2 Å². The van der Waals surface area contributed by atoms with E-state index in [1.165, 1.54) is 37.1 Å². The first kappa shape index (κ1) is 26.5. The van der Waals surface area contributed by atoms with Crippen LogP contribution < -0.4 is 14.8 Å². The number of benzene rings is 2. The molecule has 2 rings (SSSR count). The van der Waals surface area contributed by atoms with Gasteiger partial charge in [-0.15, -0.1) is 13.2 Å². The Morgan fingerprint density at radius 3 is 2.48 bits per heavy atom. The predicted octanol–water partition coefficient (Wildman–Crippen LogP) is 3.87. The van der Waals surface area contributed by atoms with Crippen LogP contribution in [-0.2, 0) is 25.5 Å². The van der Waals surface area contributed by atoms with Gasteiger partial charge in [-0.1, -0.05) is 24.3 Å². The fourth-order valence-corrected chi connectivity index (χ4v) is 3.49. The van der Waals surface area contributed by atoms with E-state index < -0.39 is 17.7 Å². The Balaban J connectivity index is 2.04. The lowest BCUT2D eigenvalue weighted by Crippen LogP contribution is -2.32. The quantitative estimate of drug-likeness (QED) is 0.339. The fourth-order valence-electron chi connectivity index (χ4n) is 2.84. The number of carbonyl (C=O) groups is 2. The molecule has 1 N–H and O–H groups in total. The van der Waals surface area contributed by atoms with E-state index in [2.05, 4.69) is 10.1 Å². The summed E-state index contributed by atoms with van der Waals surface area (Å²) < 4.78 is 57.8. The summed E-state index contributed by atoms with van der Waals surface area (Å²) >= 11 is 1.33. The summed E-state index contributed by atoms with van der Waals surface area (Å²) in [4.78, 5) is 22.3. The Bertz CT molecular complexity index is 894. The monoisotopic (exact) mass is 487 g/mol. The van der Waals surface area contributed by atoms with Crippen molar-refractivity contribution < 1.29 is 41.7 Å². The lowest BCUT2D eigenvalue weighted by atomic mass is 10.1. The zero-order valence-corrected chi connectivity index (χ0v) is 18.8. The van der Waals surface area contributed by atoms with E-state index in [1.54, 1.807) is 36.6 Å². The van der Waals surface area contributed by atoms with Crippen LogP contribution >= 0.6 is 11.8 Å². The number of carbonyl (C=O) groups excluding carboxylic acids is 2. The van der Waals surface area contributed by atoms with E-state index in [9.17, 15) is 22.8 Å². The Kier molecular flexibility index (Phi) is 10.5. The van der Waals surface area contributed by atoms with Crippen molar-refractivity contribution in [3.63, 3.8) is 0 Å². The molecule has 2 amide bonds. The Morgan fingerprint density at radius 2 is 1.88 bits per heavy atom. The third-order valence-corrected chi connectivity index (χ3v) is 5.32. The minimum absolute atomic E-state index is 0.00730. The summed E-state index contributed by atoms with van der Waals surface area (Å²) in [5.41, 5.74) is 1.29. The molecule has 2 atom stereocenters. The van der Waals surface area contributed by atoms with Crippen molar-refractivity contribution in [2.24, 2.45) is 0 Å². The van der Waals surface area contributed by atoms with Gasteiger partial charge < -0.3 is 18.9 Å². The second-order valence-corrected chi connectivity index (χ2v) is 7.73. The number of methoxy groups -OCH3 is 1. The first-order valence-electron chi connectivity index (χ1n) is 9.70. The highest BCUT2D eigenvalue weighted by Gasteiger charge is 2.31. The van der Waals surface area contributed by atoms with Gasteiger partial charge >= 0.3 is 6.36 Å². The van der Waals surface area contributed by atoms with E-state index in [1.807, 2.05) is 0 Å². The maximum Gasteiger partial charge on any atom is 0.573 e. The van der Waals surface area contributed by atoms with E-state index in [4.69, 9.17) is 14.2 Å². The van der Waals surface area contributed by atoms with Crippen LogP contribution in [0.15, 0.2) is 48.5 Å². The van der Waals surface area contributed by atoms with E-state index in [0.717, 1.165) is 5.56 Å². The van der Waals surface area contributed by atoms with Crippen LogP contribution in [0.2, 0.25) is 0 Å². The molecule has 180 valence electrons. The fraction of sp³-hybridized carbons (Fsp3) is 0.364. The van der Waals surface area contributed by atoms with Crippen molar-refractivity contribution in [3.8, 4) is 11.5 Å². The van der Waals surface area contributed by atoms with Crippen LogP contribution in [0.25, 0.3) is 0 Å². The molecule has 0 saturated carbocycles. The molecule has 0 spiro atoms. The SMILES string of the molecule is COCOC(COc1ccc(CC(SC)C(=O)NC=O)cc1)c1cccc(OC(F)(F)F)c1. The average Bonchev–Trinajstić information content (AvgIpc) is 2.77. The number of hydrogen-bond acceptors (Lipinski definition) is 7. The highest BCUT2D eigenvalue weighted by molar-refractivity contribution is 7.99. The summed E-state index contributed by atoms with van der Waals surface area (Å²) in [5, 5.41) is 1.73. The van der Waals surface area contributed by atoms with Gasteiger partial charge in [0.05, 0.1) is 5.25 Å². The maximum absolute atomic E-state index is 12.5. The lowest BCUT2D eigenvalue weighted by Gasteiger charge is -2.20. The molecule has 2 aromatic carbocycles. The van der Waals surface area contributed by atoms with Gasteiger partial charge in [0.25, 0.3) is 0 Å². The minimum Gasteiger partial charge on any atom is -0.491 e. The number of rotatable bonds is 13. The number of ether oxygens (including phenoxy) is 4. The Morgan fingerprint density at radius 1 is 1.15 bits per heavy atom. The largest absolute Gasteiger partial charge is 0.573 e.